The molecule has 1 atom stereocenters. The molecule has 0 saturated carbocycles. The fourth-order valence-electron chi connectivity index (χ4n) is 3.76. The second-order valence-electron chi connectivity index (χ2n) is 7.28. The molecule has 3 rings (SSSR count). The molecule has 0 aliphatic heterocycles. The van der Waals surface area contributed by atoms with Crippen molar-refractivity contribution in [2.45, 2.75) is 39.2 Å². The number of fused-ring (bicyclic) bond motifs is 1. The Morgan fingerprint density at radius 2 is 1.96 bits per heavy atom. The molecule has 6 nitrogen and oxygen atoms in total. The van der Waals surface area contributed by atoms with Gasteiger partial charge in [-0.05, 0) is 68.5 Å². The van der Waals surface area contributed by atoms with E-state index in [2.05, 4.69) is 17.4 Å². The second kappa shape index (κ2) is 7.88. The Kier molecular flexibility index (Phi) is 5.56. The number of nitro benzene ring substituents is 1. The van der Waals surface area contributed by atoms with Gasteiger partial charge in [-0.15, -0.1) is 0 Å². The zero-order valence-corrected chi connectivity index (χ0v) is 16.0. The Morgan fingerprint density at radius 1 is 1.26 bits per heavy atom. The van der Waals surface area contributed by atoms with Crippen molar-refractivity contribution in [1.29, 1.82) is 0 Å². The van der Waals surface area contributed by atoms with E-state index in [0.717, 1.165) is 30.4 Å². The molecule has 1 amide bonds. The highest BCUT2D eigenvalue weighted by atomic mass is 16.6. The third kappa shape index (κ3) is 4.17. The number of nitro groups is 1. The fraction of sp³-hybridized carbons (Fsp3) is 0.381. The number of carbonyl (C=O) groups excluding carboxylic acids is 1. The summed E-state index contributed by atoms with van der Waals surface area (Å²) in [6, 6.07) is 11.7. The molecule has 0 fully saturated rings. The summed E-state index contributed by atoms with van der Waals surface area (Å²) in [5.41, 5.74) is 4.53. The number of rotatable bonds is 5. The van der Waals surface area contributed by atoms with E-state index >= 15 is 0 Å². The van der Waals surface area contributed by atoms with Crippen LogP contribution in [0.5, 0.6) is 0 Å². The van der Waals surface area contributed by atoms with Crippen LogP contribution in [-0.4, -0.2) is 29.3 Å². The Bertz CT molecular complexity index is 879. The maximum Gasteiger partial charge on any atom is 0.293 e. The minimum Gasteiger partial charge on any atom is -0.319 e. The first-order valence-corrected chi connectivity index (χ1v) is 9.20. The van der Waals surface area contributed by atoms with Gasteiger partial charge in [0.05, 0.1) is 11.5 Å². The molecule has 6 heteroatoms. The van der Waals surface area contributed by atoms with Crippen LogP contribution in [0.1, 0.15) is 41.1 Å². The molecule has 0 heterocycles. The van der Waals surface area contributed by atoms with Crippen LogP contribution >= 0.6 is 0 Å². The molecule has 2 aromatic carbocycles. The van der Waals surface area contributed by atoms with Crippen molar-refractivity contribution in [3.05, 3.63) is 68.8 Å². The average Bonchev–Trinajstić information content (AvgIpc) is 2.63. The molecule has 1 N–H and O–H groups in total. The van der Waals surface area contributed by atoms with Gasteiger partial charge in [0, 0.05) is 12.1 Å². The first kappa shape index (κ1) is 19.0. The van der Waals surface area contributed by atoms with Crippen molar-refractivity contribution in [3.8, 4) is 0 Å². The smallest absolute Gasteiger partial charge is 0.293 e. The Labute approximate surface area is 159 Å². The monoisotopic (exact) mass is 367 g/mol. The first-order valence-electron chi connectivity index (χ1n) is 9.20. The normalized spacial score (nSPS) is 16.1. The lowest BCUT2D eigenvalue weighted by atomic mass is 9.87. The number of anilines is 1. The second-order valence-corrected chi connectivity index (χ2v) is 7.28. The Morgan fingerprint density at radius 3 is 2.70 bits per heavy atom. The highest BCUT2D eigenvalue weighted by Crippen LogP contribution is 2.33. The van der Waals surface area contributed by atoms with Crippen LogP contribution in [0.3, 0.4) is 0 Å². The molecule has 0 saturated heterocycles. The van der Waals surface area contributed by atoms with Gasteiger partial charge in [0.2, 0.25) is 5.91 Å². The summed E-state index contributed by atoms with van der Waals surface area (Å²) in [7, 11) is 1.93. The van der Waals surface area contributed by atoms with Crippen LogP contribution in [0.25, 0.3) is 0 Å². The third-order valence-electron chi connectivity index (χ3n) is 5.35. The number of likely N-dealkylation sites (N-methyl/N-ethyl adjacent to an activating group) is 1. The number of carbonyl (C=O) groups is 1. The summed E-state index contributed by atoms with van der Waals surface area (Å²) < 4.78 is 0. The number of nitrogens with zero attached hydrogens (tertiary/aromatic N) is 2. The lowest BCUT2D eigenvalue weighted by Gasteiger charge is -2.32. The van der Waals surface area contributed by atoms with Gasteiger partial charge < -0.3 is 5.32 Å². The topological polar surface area (TPSA) is 75.5 Å². The van der Waals surface area contributed by atoms with E-state index in [9.17, 15) is 14.9 Å². The summed E-state index contributed by atoms with van der Waals surface area (Å²) >= 11 is 0. The van der Waals surface area contributed by atoms with E-state index in [4.69, 9.17) is 0 Å². The number of amides is 1. The highest BCUT2D eigenvalue weighted by Gasteiger charge is 2.25. The average molecular weight is 367 g/mol. The van der Waals surface area contributed by atoms with E-state index in [1.165, 1.54) is 17.2 Å². The Balaban J connectivity index is 1.74. The van der Waals surface area contributed by atoms with Crippen LogP contribution in [-0.2, 0) is 11.2 Å². The van der Waals surface area contributed by atoms with E-state index in [1.54, 1.807) is 6.07 Å². The molecule has 1 aliphatic carbocycles. The van der Waals surface area contributed by atoms with Crippen LogP contribution in [0, 0.1) is 24.0 Å². The van der Waals surface area contributed by atoms with E-state index in [0.29, 0.717) is 0 Å². The van der Waals surface area contributed by atoms with Gasteiger partial charge in [0.25, 0.3) is 5.69 Å². The molecule has 0 spiro atoms. The van der Waals surface area contributed by atoms with Crippen molar-refractivity contribution in [2.24, 2.45) is 0 Å². The quantitative estimate of drug-likeness (QED) is 0.636. The van der Waals surface area contributed by atoms with Crippen molar-refractivity contribution < 1.29 is 9.72 Å². The van der Waals surface area contributed by atoms with E-state index < -0.39 is 4.92 Å². The molecule has 2 aromatic rings. The van der Waals surface area contributed by atoms with E-state index in [-0.39, 0.29) is 29.9 Å². The summed E-state index contributed by atoms with van der Waals surface area (Å²) in [5, 5.41) is 14.0. The van der Waals surface area contributed by atoms with Crippen LogP contribution in [0.15, 0.2) is 36.4 Å². The minimum absolute atomic E-state index is 0.0721. The number of hydrogen-bond donors (Lipinski definition) is 1. The van der Waals surface area contributed by atoms with Gasteiger partial charge >= 0.3 is 0 Å². The zero-order valence-electron chi connectivity index (χ0n) is 16.0. The molecular weight excluding hydrogens is 342 g/mol. The van der Waals surface area contributed by atoms with Gasteiger partial charge in [0.1, 0.15) is 5.69 Å². The number of aryl methyl sites for hydroxylation is 3. The first-order chi connectivity index (χ1) is 12.9. The molecule has 142 valence electrons. The predicted molar refractivity (Wildman–Crippen MR) is 106 cm³/mol. The van der Waals surface area contributed by atoms with E-state index in [1.807, 2.05) is 37.9 Å². The third-order valence-corrected chi connectivity index (χ3v) is 5.35. The van der Waals surface area contributed by atoms with Gasteiger partial charge in [-0.25, -0.2) is 0 Å². The lowest BCUT2D eigenvalue weighted by Crippen LogP contribution is -2.35. The van der Waals surface area contributed by atoms with Gasteiger partial charge in [0.15, 0.2) is 0 Å². The Hall–Kier alpha value is -2.73. The number of nitrogens with one attached hydrogen (secondary N) is 1. The number of hydrogen-bond acceptors (Lipinski definition) is 4. The molecule has 0 unspecified atom stereocenters. The summed E-state index contributed by atoms with van der Waals surface area (Å²) in [6.07, 6.45) is 3.17. The van der Waals surface area contributed by atoms with Gasteiger partial charge in [-0.1, -0.05) is 24.3 Å². The van der Waals surface area contributed by atoms with Gasteiger partial charge in [-0.2, -0.15) is 0 Å². The fourth-order valence-corrected chi connectivity index (χ4v) is 3.76. The summed E-state index contributed by atoms with van der Waals surface area (Å²) in [5.74, 6) is -0.244. The molecule has 0 aromatic heterocycles. The molecular formula is C21H25N3O3. The van der Waals surface area contributed by atoms with Crippen molar-refractivity contribution in [1.82, 2.24) is 4.90 Å². The molecule has 1 aliphatic rings. The molecule has 0 radical (unpaired) electrons. The maximum atomic E-state index is 12.6. The number of benzene rings is 2. The van der Waals surface area contributed by atoms with Crippen LogP contribution in [0.2, 0.25) is 0 Å². The highest BCUT2D eigenvalue weighted by molar-refractivity contribution is 5.94. The SMILES string of the molecule is Cc1cc(NC(=O)CN(C)[C@H]2CCCc3ccccc32)c([N+](=O)[O-])cc1C. The van der Waals surface area contributed by atoms with Crippen LogP contribution < -0.4 is 5.32 Å². The van der Waals surface area contributed by atoms with Gasteiger partial charge in [-0.3, -0.25) is 19.8 Å². The molecule has 0 bridgehead atoms. The summed E-state index contributed by atoms with van der Waals surface area (Å²) in [4.78, 5) is 25.5. The minimum atomic E-state index is -0.455. The van der Waals surface area contributed by atoms with Crippen molar-refractivity contribution in [2.75, 3.05) is 18.9 Å². The van der Waals surface area contributed by atoms with Crippen molar-refractivity contribution >= 4 is 17.3 Å². The van der Waals surface area contributed by atoms with Crippen molar-refractivity contribution in [3.63, 3.8) is 0 Å². The largest absolute Gasteiger partial charge is 0.319 e. The zero-order chi connectivity index (χ0) is 19.6. The standard InChI is InChI=1S/C21H25N3O3/c1-14-11-18(20(24(26)27)12-15(14)2)22-21(25)13-23(3)19-10-6-8-16-7-4-5-9-17(16)19/h4-5,7,9,11-12,19H,6,8,10,13H2,1-3H3,(H,22,25)/t19-/m0/s1. The lowest BCUT2D eigenvalue weighted by molar-refractivity contribution is -0.384. The van der Waals surface area contributed by atoms with Crippen LogP contribution in [0.4, 0.5) is 11.4 Å². The molecule has 27 heavy (non-hydrogen) atoms. The predicted octanol–water partition coefficient (Wildman–Crippen LogP) is 4.16. The maximum absolute atomic E-state index is 12.6. The summed E-state index contributed by atoms with van der Waals surface area (Å²) in [6.45, 7) is 3.88.